The number of aryl methyl sites for hydroxylation is 1. The molecule has 1 heterocycles. The summed E-state index contributed by atoms with van der Waals surface area (Å²) in [4.78, 5) is 14.2. The number of H-pyrrole nitrogens is 1. The van der Waals surface area contributed by atoms with E-state index < -0.39 is 0 Å². The second-order valence-electron chi connectivity index (χ2n) is 3.88. The molecule has 0 radical (unpaired) electrons. The van der Waals surface area contributed by atoms with Gasteiger partial charge in [-0.05, 0) is 12.5 Å². The molecule has 2 rings (SSSR count). The highest BCUT2D eigenvalue weighted by Gasteiger charge is 2.17. The van der Waals surface area contributed by atoms with Crippen LogP contribution in [-0.2, 0) is 0 Å². The maximum atomic E-state index is 11.5. The Bertz CT molecular complexity index is 645. The van der Waals surface area contributed by atoms with Crippen LogP contribution in [0.1, 0.15) is 5.56 Å². The zero-order valence-electron chi connectivity index (χ0n) is 10.8. The number of ether oxygens (including phenoxy) is 3. The molecule has 0 unspecified atom stereocenters. The topological polar surface area (TPSA) is 60.6 Å². The summed E-state index contributed by atoms with van der Waals surface area (Å²) >= 11 is 0. The molecule has 0 aliphatic rings. The molecule has 96 valence electrons. The van der Waals surface area contributed by atoms with Crippen molar-refractivity contribution in [3.8, 4) is 17.2 Å². The summed E-state index contributed by atoms with van der Waals surface area (Å²) in [7, 11) is 4.64. The SMILES string of the molecule is COc1cc2[nH]c(=O)cc(C)c2c(OC)c1OC. The van der Waals surface area contributed by atoms with E-state index >= 15 is 0 Å². The van der Waals surface area contributed by atoms with E-state index in [0.29, 0.717) is 22.8 Å². The number of rotatable bonds is 3. The highest BCUT2D eigenvalue weighted by Crippen LogP contribution is 2.43. The quantitative estimate of drug-likeness (QED) is 0.902. The Morgan fingerprint density at radius 2 is 1.67 bits per heavy atom. The average molecular weight is 249 g/mol. The van der Waals surface area contributed by atoms with E-state index in [2.05, 4.69) is 4.98 Å². The van der Waals surface area contributed by atoms with E-state index in [9.17, 15) is 4.79 Å². The van der Waals surface area contributed by atoms with Crippen LogP contribution >= 0.6 is 0 Å². The van der Waals surface area contributed by atoms with E-state index in [-0.39, 0.29) is 5.56 Å². The van der Waals surface area contributed by atoms with Gasteiger partial charge in [0.15, 0.2) is 11.5 Å². The molecule has 18 heavy (non-hydrogen) atoms. The predicted molar refractivity (Wildman–Crippen MR) is 69.0 cm³/mol. The summed E-state index contributed by atoms with van der Waals surface area (Å²) in [5.41, 5.74) is 1.33. The molecule has 0 fully saturated rings. The summed E-state index contributed by atoms with van der Waals surface area (Å²) in [5.74, 6) is 1.59. The normalized spacial score (nSPS) is 10.4. The van der Waals surface area contributed by atoms with Gasteiger partial charge in [-0.1, -0.05) is 0 Å². The lowest BCUT2D eigenvalue weighted by atomic mass is 10.1. The lowest BCUT2D eigenvalue weighted by Gasteiger charge is -2.15. The van der Waals surface area contributed by atoms with Gasteiger partial charge in [-0.15, -0.1) is 0 Å². The molecule has 0 saturated carbocycles. The van der Waals surface area contributed by atoms with Crippen molar-refractivity contribution in [2.24, 2.45) is 0 Å². The molecule has 0 bridgehead atoms. The Morgan fingerprint density at radius 1 is 1.00 bits per heavy atom. The number of aromatic amines is 1. The molecule has 0 aliphatic heterocycles. The fraction of sp³-hybridized carbons (Fsp3) is 0.308. The number of nitrogens with one attached hydrogen (secondary N) is 1. The maximum absolute atomic E-state index is 11.5. The molecule has 1 N–H and O–H groups in total. The summed E-state index contributed by atoms with van der Waals surface area (Å²) in [6, 6.07) is 3.25. The van der Waals surface area contributed by atoms with Gasteiger partial charge in [0.05, 0.1) is 26.8 Å². The highest BCUT2D eigenvalue weighted by molar-refractivity contribution is 5.92. The molecule has 2 aromatic rings. The van der Waals surface area contributed by atoms with Crippen molar-refractivity contribution in [3.05, 3.63) is 28.0 Å². The van der Waals surface area contributed by atoms with E-state index in [0.717, 1.165) is 10.9 Å². The Balaban J connectivity index is 2.97. The predicted octanol–water partition coefficient (Wildman–Crippen LogP) is 1.86. The lowest BCUT2D eigenvalue weighted by Crippen LogP contribution is -2.06. The Hall–Kier alpha value is -2.17. The summed E-state index contributed by atoms with van der Waals surface area (Å²) in [6.45, 7) is 1.85. The number of aromatic nitrogens is 1. The number of hydrogen-bond donors (Lipinski definition) is 1. The Labute approximate surface area is 104 Å². The van der Waals surface area contributed by atoms with Crippen molar-refractivity contribution >= 4 is 10.9 Å². The summed E-state index contributed by atoms with van der Waals surface area (Å²) < 4.78 is 15.9. The van der Waals surface area contributed by atoms with Gasteiger partial charge >= 0.3 is 0 Å². The van der Waals surface area contributed by atoms with Crippen molar-refractivity contribution in [1.29, 1.82) is 0 Å². The van der Waals surface area contributed by atoms with Crippen LogP contribution in [-0.4, -0.2) is 26.3 Å². The third-order valence-corrected chi connectivity index (χ3v) is 2.83. The first-order valence-corrected chi connectivity index (χ1v) is 5.45. The number of methoxy groups -OCH3 is 3. The average Bonchev–Trinajstić information content (AvgIpc) is 2.35. The van der Waals surface area contributed by atoms with Crippen molar-refractivity contribution in [1.82, 2.24) is 4.98 Å². The summed E-state index contributed by atoms with van der Waals surface area (Å²) in [5, 5.41) is 0.815. The maximum Gasteiger partial charge on any atom is 0.248 e. The molecule has 0 spiro atoms. The largest absolute Gasteiger partial charge is 0.493 e. The second kappa shape index (κ2) is 4.60. The van der Waals surface area contributed by atoms with Gasteiger partial charge in [0.25, 0.3) is 0 Å². The van der Waals surface area contributed by atoms with Gasteiger partial charge in [-0.3, -0.25) is 4.79 Å². The molecule has 1 aromatic heterocycles. The van der Waals surface area contributed by atoms with Crippen LogP contribution in [0.4, 0.5) is 0 Å². The fourth-order valence-electron chi connectivity index (χ4n) is 2.08. The molecule has 0 atom stereocenters. The van der Waals surface area contributed by atoms with E-state index in [4.69, 9.17) is 14.2 Å². The summed E-state index contributed by atoms with van der Waals surface area (Å²) in [6.07, 6.45) is 0. The lowest BCUT2D eigenvalue weighted by molar-refractivity contribution is 0.327. The molecule has 5 heteroatoms. The third kappa shape index (κ3) is 1.77. The molecule has 1 aromatic carbocycles. The van der Waals surface area contributed by atoms with Crippen molar-refractivity contribution in [2.45, 2.75) is 6.92 Å². The van der Waals surface area contributed by atoms with Gasteiger partial charge < -0.3 is 19.2 Å². The number of fused-ring (bicyclic) bond motifs is 1. The fourth-order valence-corrected chi connectivity index (χ4v) is 2.08. The van der Waals surface area contributed by atoms with Crippen LogP contribution in [0.5, 0.6) is 17.2 Å². The van der Waals surface area contributed by atoms with Gasteiger partial charge in [-0.2, -0.15) is 0 Å². The van der Waals surface area contributed by atoms with Gasteiger partial charge in [-0.25, -0.2) is 0 Å². The molecular formula is C13H15NO4. The number of pyridine rings is 1. The molecular weight excluding hydrogens is 234 g/mol. The van der Waals surface area contributed by atoms with Gasteiger partial charge in [0.2, 0.25) is 11.3 Å². The van der Waals surface area contributed by atoms with Crippen LogP contribution in [0.3, 0.4) is 0 Å². The van der Waals surface area contributed by atoms with Crippen LogP contribution in [0.25, 0.3) is 10.9 Å². The first kappa shape index (κ1) is 12.3. The van der Waals surface area contributed by atoms with Crippen LogP contribution in [0, 0.1) is 6.92 Å². The van der Waals surface area contributed by atoms with Crippen molar-refractivity contribution in [2.75, 3.05) is 21.3 Å². The molecule has 0 amide bonds. The van der Waals surface area contributed by atoms with Crippen LogP contribution in [0.15, 0.2) is 16.9 Å². The minimum absolute atomic E-state index is 0.158. The monoisotopic (exact) mass is 249 g/mol. The van der Waals surface area contributed by atoms with Crippen molar-refractivity contribution in [3.63, 3.8) is 0 Å². The Kier molecular flexibility index (Phi) is 3.14. The van der Waals surface area contributed by atoms with Gasteiger partial charge in [0.1, 0.15) is 0 Å². The van der Waals surface area contributed by atoms with E-state index in [1.807, 2.05) is 6.92 Å². The third-order valence-electron chi connectivity index (χ3n) is 2.83. The minimum Gasteiger partial charge on any atom is -0.493 e. The van der Waals surface area contributed by atoms with Crippen molar-refractivity contribution < 1.29 is 14.2 Å². The molecule has 0 saturated heterocycles. The minimum atomic E-state index is -0.158. The first-order valence-electron chi connectivity index (χ1n) is 5.45. The molecule has 5 nitrogen and oxygen atoms in total. The molecule has 0 aliphatic carbocycles. The van der Waals surface area contributed by atoms with E-state index in [1.165, 1.54) is 13.2 Å². The van der Waals surface area contributed by atoms with Gasteiger partial charge in [0, 0.05) is 17.5 Å². The standard InChI is InChI=1S/C13H15NO4/c1-7-5-10(15)14-8-6-9(16-2)12(17-3)13(18-4)11(7)8/h5-6H,1-4H3,(H,14,15). The number of benzene rings is 1. The highest BCUT2D eigenvalue weighted by atomic mass is 16.5. The second-order valence-corrected chi connectivity index (χ2v) is 3.88. The Morgan fingerprint density at radius 3 is 2.22 bits per heavy atom. The van der Waals surface area contributed by atoms with Crippen LogP contribution < -0.4 is 19.8 Å². The van der Waals surface area contributed by atoms with E-state index in [1.54, 1.807) is 20.3 Å². The zero-order chi connectivity index (χ0) is 13.3. The smallest absolute Gasteiger partial charge is 0.248 e. The van der Waals surface area contributed by atoms with Crippen LogP contribution in [0.2, 0.25) is 0 Å². The first-order chi connectivity index (χ1) is 8.62. The zero-order valence-corrected chi connectivity index (χ0v) is 10.8. The number of hydrogen-bond acceptors (Lipinski definition) is 4.